The van der Waals surface area contributed by atoms with Crippen LogP contribution in [0.5, 0.6) is 0 Å². The summed E-state index contributed by atoms with van der Waals surface area (Å²) >= 11 is 1.87. The van der Waals surface area contributed by atoms with Crippen molar-refractivity contribution in [2.24, 2.45) is 0 Å². The first-order valence-corrected chi connectivity index (χ1v) is 3.73. The number of pyridine rings is 1. The standard InChI is InChI=1S/C6H5BINO/c1-4-2-3-5(7)9(8)6(4)10/h2-3H,1H3. The van der Waals surface area contributed by atoms with Crippen LogP contribution in [0.2, 0.25) is 0 Å². The van der Waals surface area contributed by atoms with Gasteiger partial charge in [0.05, 0.1) is 22.9 Å². The Morgan fingerprint density at radius 3 is 2.70 bits per heavy atom. The van der Waals surface area contributed by atoms with Crippen LogP contribution in [0.4, 0.5) is 0 Å². The second-order valence-corrected chi connectivity index (χ2v) is 2.99. The van der Waals surface area contributed by atoms with E-state index < -0.39 is 0 Å². The molecule has 1 aromatic rings. The fourth-order valence-electron chi connectivity index (χ4n) is 0.619. The molecule has 2 nitrogen and oxygen atoms in total. The molecule has 0 aromatic carbocycles. The average Bonchev–Trinajstić information content (AvgIpc) is 1.93. The Kier molecular flexibility index (Phi) is 2.18. The molecule has 0 bridgehead atoms. The van der Waals surface area contributed by atoms with E-state index in [2.05, 4.69) is 0 Å². The lowest BCUT2D eigenvalue weighted by Crippen LogP contribution is -2.27. The lowest BCUT2D eigenvalue weighted by atomic mass is 10.0. The van der Waals surface area contributed by atoms with Crippen LogP contribution in [-0.4, -0.2) is 10.6 Å². The maximum Gasteiger partial charge on any atom is 0.261 e. The maximum absolute atomic E-state index is 11.1. The van der Waals surface area contributed by atoms with Crippen molar-refractivity contribution in [2.75, 3.05) is 0 Å². The third-order valence-corrected chi connectivity index (χ3v) is 2.24. The fourth-order valence-corrected chi connectivity index (χ4v) is 1.16. The second-order valence-electron chi connectivity index (χ2n) is 2.03. The van der Waals surface area contributed by atoms with Crippen LogP contribution in [-0.2, 0) is 0 Å². The molecule has 2 radical (unpaired) electrons. The van der Waals surface area contributed by atoms with Crippen molar-refractivity contribution in [3.05, 3.63) is 28.0 Å². The Balaban J connectivity index is 3.50. The molecule has 1 rings (SSSR count). The Morgan fingerprint density at radius 1 is 1.60 bits per heavy atom. The molecule has 50 valence electrons. The van der Waals surface area contributed by atoms with Crippen molar-refractivity contribution < 1.29 is 0 Å². The number of rotatable bonds is 0. The number of hydrogen-bond acceptors (Lipinski definition) is 1. The lowest BCUT2D eigenvalue weighted by Gasteiger charge is -2.00. The highest BCUT2D eigenvalue weighted by Gasteiger charge is 1.96. The molecule has 0 atom stereocenters. The summed E-state index contributed by atoms with van der Waals surface area (Å²) in [7, 11) is 5.44. The van der Waals surface area contributed by atoms with Crippen molar-refractivity contribution in [3.63, 3.8) is 0 Å². The van der Waals surface area contributed by atoms with E-state index in [1.54, 1.807) is 19.1 Å². The number of aryl methyl sites for hydroxylation is 1. The number of halogens is 1. The first-order valence-electron chi connectivity index (χ1n) is 2.77. The van der Waals surface area contributed by atoms with Gasteiger partial charge in [0.15, 0.2) is 0 Å². The summed E-state index contributed by atoms with van der Waals surface area (Å²) in [6.07, 6.45) is 0. The van der Waals surface area contributed by atoms with E-state index in [-0.39, 0.29) is 5.56 Å². The SMILES string of the molecule is [B]c1ccc(C)c(=O)n1I. The van der Waals surface area contributed by atoms with Gasteiger partial charge in [-0.3, -0.25) is 7.58 Å². The molecule has 0 fully saturated rings. The molecule has 1 aromatic heterocycles. The highest BCUT2D eigenvalue weighted by Crippen LogP contribution is 1.88. The van der Waals surface area contributed by atoms with Gasteiger partial charge in [-0.1, -0.05) is 12.1 Å². The Morgan fingerprint density at radius 2 is 2.20 bits per heavy atom. The predicted octanol–water partition coefficient (Wildman–Crippen LogP) is 0.149. The molecule has 0 unspecified atom stereocenters. The van der Waals surface area contributed by atoms with Crippen molar-refractivity contribution >= 4 is 36.3 Å². The van der Waals surface area contributed by atoms with Crippen LogP contribution in [0, 0.1) is 6.92 Å². The molecule has 4 heteroatoms. The van der Waals surface area contributed by atoms with Crippen LogP contribution in [0.1, 0.15) is 5.56 Å². The maximum atomic E-state index is 11.1. The summed E-state index contributed by atoms with van der Waals surface area (Å²) in [6, 6.07) is 3.43. The first-order chi connectivity index (χ1) is 4.63. The fraction of sp³-hybridized carbons (Fsp3) is 0.167. The molecule has 0 amide bonds. The van der Waals surface area contributed by atoms with Crippen molar-refractivity contribution in [2.45, 2.75) is 6.92 Å². The molecular formula is C6H5BINO. The van der Waals surface area contributed by atoms with Gasteiger partial charge in [-0.05, 0) is 12.5 Å². The van der Waals surface area contributed by atoms with Gasteiger partial charge in [-0.25, -0.2) is 0 Å². The minimum Gasteiger partial charge on any atom is -0.268 e. The highest BCUT2D eigenvalue weighted by molar-refractivity contribution is 14.1. The smallest absolute Gasteiger partial charge is 0.261 e. The van der Waals surface area contributed by atoms with Crippen molar-refractivity contribution in [3.8, 4) is 0 Å². The lowest BCUT2D eigenvalue weighted by molar-refractivity contribution is 1.19. The third-order valence-electron chi connectivity index (χ3n) is 1.25. The Hall–Kier alpha value is -0.255. The van der Waals surface area contributed by atoms with E-state index in [1.165, 1.54) is 2.78 Å². The number of aromatic nitrogens is 1. The zero-order chi connectivity index (χ0) is 7.72. The third kappa shape index (κ3) is 1.26. The van der Waals surface area contributed by atoms with Crippen LogP contribution >= 0.6 is 22.9 Å². The summed E-state index contributed by atoms with van der Waals surface area (Å²) in [5.41, 5.74) is 1.15. The molecule has 0 aliphatic heterocycles. The molecule has 0 aliphatic rings. The van der Waals surface area contributed by atoms with E-state index >= 15 is 0 Å². The van der Waals surface area contributed by atoms with E-state index in [0.717, 1.165) is 0 Å². The molecule has 0 saturated carbocycles. The van der Waals surface area contributed by atoms with Crippen molar-refractivity contribution in [1.29, 1.82) is 0 Å². The van der Waals surface area contributed by atoms with Gasteiger partial charge < -0.3 is 0 Å². The molecule has 0 spiro atoms. The topological polar surface area (TPSA) is 22.0 Å². The summed E-state index contributed by atoms with van der Waals surface area (Å²) in [4.78, 5) is 11.1. The van der Waals surface area contributed by atoms with Gasteiger partial charge in [-0.2, -0.15) is 0 Å². The number of nitrogens with zero attached hydrogens (tertiary/aromatic N) is 1. The largest absolute Gasteiger partial charge is 0.268 e. The normalized spacial score (nSPS) is 9.80. The monoisotopic (exact) mass is 245 g/mol. The summed E-state index contributed by atoms with van der Waals surface area (Å²) in [5, 5.41) is 0. The van der Waals surface area contributed by atoms with Gasteiger partial charge >= 0.3 is 0 Å². The summed E-state index contributed by atoms with van der Waals surface area (Å²) < 4.78 is 1.40. The predicted molar refractivity (Wildman–Crippen MR) is 50.2 cm³/mol. The van der Waals surface area contributed by atoms with Gasteiger partial charge in [0, 0.05) is 5.56 Å². The van der Waals surface area contributed by atoms with Crippen LogP contribution in [0.25, 0.3) is 0 Å². The van der Waals surface area contributed by atoms with Gasteiger partial charge in [0.2, 0.25) is 0 Å². The molecule has 10 heavy (non-hydrogen) atoms. The van der Waals surface area contributed by atoms with Crippen LogP contribution in [0.15, 0.2) is 16.9 Å². The van der Waals surface area contributed by atoms with Crippen molar-refractivity contribution in [1.82, 2.24) is 2.78 Å². The van der Waals surface area contributed by atoms with Crippen LogP contribution < -0.4 is 11.2 Å². The first kappa shape index (κ1) is 7.85. The van der Waals surface area contributed by atoms with E-state index in [4.69, 9.17) is 7.85 Å². The molecule has 0 saturated heterocycles. The average molecular weight is 245 g/mol. The second kappa shape index (κ2) is 2.78. The minimum absolute atomic E-state index is 0.0411. The zero-order valence-electron chi connectivity index (χ0n) is 5.47. The molecule has 0 aliphatic carbocycles. The summed E-state index contributed by atoms with van der Waals surface area (Å²) in [6.45, 7) is 1.76. The quantitative estimate of drug-likeness (QED) is 0.471. The van der Waals surface area contributed by atoms with Gasteiger partial charge in [0.1, 0.15) is 7.85 Å². The Labute approximate surface area is 74.2 Å². The minimum atomic E-state index is -0.0411. The van der Waals surface area contributed by atoms with Gasteiger partial charge in [0.25, 0.3) is 5.56 Å². The number of hydrogen-bond donors (Lipinski definition) is 0. The Bertz CT molecular complexity index is 307. The van der Waals surface area contributed by atoms with Gasteiger partial charge in [-0.15, -0.1) is 0 Å². The molecular weight excluding hydrogens is 240 g/mol. The van der Waals surface area contributed by atoms with E-state index in [0.29, 0.717) is 11.2 Å². The molecule has 0 N–H and O–H groups in total. The van der Waals surface area contributed by atoms with Crippen LogP contribution in [0.3, 0.4) is 0 Å². The highest BCUT2D eigenvalue weighted by atomic mass is 127. The van der Waals surface area contributed by atoms with E-state index in [9.17, 15) is 4.79 Å². The van der Waals surface area contributed by atoms with E-state index in [1.807, 2.05) is 22.9 Å². The molecule has 1 heterocycles. The summed E-state index contributed by atoms with van der Waals surface area (Å²) in [5.74, 6) is 0. The zero-order valence-corrected chi connectivity index (χ0v) is 7.62.